The normalized spacial score (nSPS) is 10.9. The van der Waals surface area contributed by atoms with Crippen molar-refractivity contribution in [3.8, 4) is 0 Å². The molecule has 2 N–H and O–H groups in total. The van der Waals surface area contributed by atoms with E-state index >= 15 is 0 Å². The molecule has 2 amide bonds. The van der Waals surface area contributed by atoms with Crippen LogP contribution in [0.25, 0.3) is 0 Å². The summed E-state index contributed by atoms with van der Waals surface area (Å²) in [7, 11) is 0. The van der Waals surface area contributed by atoms with Gasteiger partial charge in [-0.3, -0.25) is 9.59 Å². The Kier molecular flexibility index (Phi) is 5.36. The zero-order valence-electron chi connectivity index (χ0n) is 11.4. The molecule has 0 radical (unpaired) electrons. The van der Waals surface area contributed by atoms with Crippen LogP contribution in [-0.2, 0) is 9.59 Å². The van der Waals surface area contributed by atoms with E-state index in [1.165, 1.54) is 0 Å². The SMILES string of the molecule is CC(C)(C)C(=O)NCCC(=O)Nc1ccccc1Cl. The molecule has 0 aliphatic carbocycles. The van der Waals surface area contributed by atoms with Crippen molar-refractivity contribution < 1.29 is 9.59 Å². The van der Waals surface area contributed by atoms with Gasteiger partial charge in [-0.15, -0.1) is 0 Å². The predicted molar refractivity (Wildman–Crippen MR) is 77.2 cm³/mol. The number of amides is 2. The minimum Gasteiger partial charge on any atom is -0.355 e. The average molecular weight is 283 g/mol. The van der Waals surface area contributed by atoms with Gasteiger partial charge < -0.3 is 10.6 Å². The van der Waals surface area contributed by atoms with E-state index in [1.807, 2.05) is 20.8 Å². The van der Waals surface area contributed by atoms with Gasteiger partial charge in [0.1, 0.15) is 0 Å². The summed E-state index contributed by atoms with van der Waals surface area (Å²) in [5.41, 5.74) is 0.135. The van der Waals surface area contributed by atoms with E-state index in [0.29, 0.717) is 17.3 Å². The fourth-order valence-corrected chi connectivity index (χ4v) is 1.51. The number of carbonyl (C=O) groups excluding carboxylic acids is 2. The summed E-state index contributed by atoms with van der Waals surface area (Å²) in [4.78, 5) is 23.3. The first-order chi connectivity index (χ1) is 8.80. The van der Waals surface area contributed by atoms with Crippen LogP contribution in [-0.4, -0.2) is 18.4 Å². The number of benzene rings is 1. The van der Waals surface area contributed by atoms with Gasteiger partial charge >= 0.3 is 0 Å². The number of para-hydroxylation sites is 1. The Balaban J connectivity index is 2.37. The zero-order chi connectivity index (χ0) is 14.5. The molecule has 0 saturated carbocycles. The van der Waals surface area contributed by atoms with Crippen molar-refractivity contribution >= 4 is 29.1 Å². The standard InChI is InChI=1S/C14H19ClN2O2/c1-14(2,3)13(19)16-9-8-12(18)17-11-7-5-4-6-10(11)15/h4-7H,8-9H2,1-3H3,(H,16,19)(H,17,18). The van der Waals surface area contributed by atoms with Gasteiger partial charge in [0.2, 0.25) is 11.8 Å². The van der Waals surface area contributed by atoms with E-state index in [0.717, 1.165) is 0 Å². The second-order valence-corrected chi connectivity index (χ2v) is 5.69. The maximum atomic E-state index is 11.7. The molecule has 1 rings (SSSR count). The van der Waals surface area contributed by atoms with Crippen molar-refractivity contribution in [3.05, 3.63) is 29.3 Å². The highest BCUT2D eigenvalue weighted by atomic mass is 35.5. The second-order valence-electron chi connectivity index (χ2n) is 5.28. The number of hydrogen-bond donors (Lipinski definition) is 2. The number of anilines is 1. The van der Waals surface area contributed by atoms with Crippen molar-refractivity contribution in [2.75, 3.05) is 11.9 Å². The highest BCUT2D eigenvalue weighted by molar-refractivity contribution is 6.33. The third kappa shape index (κ3) is 5.30. The number of hydrogen-bond acceptors (Lipinski definition) is 2. The molecular weight excluding hydrogens is 264 g/mol. The van der Waals surface area contributed by atoms with Gasteiger partial charge in [-0.1, -0.05) is 44.5 Å². The van der Waals surface area contributed by atoms with Crippen molar-refractivity contribution in [2.45, 2.75) is 27.2 Å². The Morgan fingerprint density at radius 3 is 2.42 bits per heavy atom. The van der Waals surface area contributed by atoms with Crippen molar-refractivity contribution in [3.63, 3.8) is 0 Å². The lowest BCUT2D eigenvalue weighted by molar-refractivity contribution is -0.128. The third-order valence-corrected chi connectivity index (χ3v) is 2.80. The fourth-order valence-electron chi connectivity index (χ4n) is 1.33. The molecule has 0 saturated heterocycles. The predicted octanol–water partition coefficient (Wildman–Crippen LogP) is 2.83. The van der Waals surface area contributed by atoms with Crippen LogP contribution in [0.2, 0.25) is 5.02 Å². The van der Waals surface area contributed by atoms with Gasteiger partial charge in [-0.25, -0.2) is 0 Å². The summed E-state index contributed by atoms with van der Waals surface area (Å²) < 4.78 is 0. The second kappa shape index (κ2) is 6.57. The lowest BCUT2D eigenvalue weighted by atomic mass is 9.96. The van der Waals surface area contributed by atoms with Crippen LogP contribution in [0, 0.1) is 5.41 Å². The largest absolute Gasteiger partial charge is 0.355 e. The van der Waals surface area contributed by atoms with E-state index in [2.05, 4.69) is 10.6 Å². The molecule has 0 bridgehead atoms. The summed E-state index contributed by atoms with van der Waals surface area (Å²) in [5, 5.41) is 5.92. The summed E-state index contributed by atoms with van der Waals surface area (Å²) in [6.07, 6.45) is 0.215. The van der Waals surface area contributed by atoms with E-state index < -0.39 is 5.41 Å². The molecule has 19 heavy (non-hydrogen) atoms. The van der Waals surface area contributed by atoms with Crippen LogP contribution >= 0.6 is 11.6 Å². The van der Waals surface area contributed by atoms with Crippen molar-refractivity contribution in [2.24, 2.45) is 5.41 Å². The highest BCUT2D eigenvalue weighted by Gasteiger charge is 2.20. The summed E-state index contributed by atoms with van der Waals surface area (Å²) in [6, 6.07) is 7.02. The molecule has 1 aromatic carbocycles. The number of rotatable bonds is 4. The maximum Gasteiger partial charge on any atom is 0.226 e. The summed E-state index contributed by atoms with van der Waals surface area (Å²) in [5.74, 6) is -0.250. The smallest absolute Gasteiger partial charge is 0.226 e. The van der Waals surface area contributed by atoms with Gasteiger partial charge in [0, 0.05) is 18.4 Å². The third-order valence-electron chi connectivity index (χ3n) is 2.47. The maximum absolute atomic E-state index is 11.7. The van der Waals surface area contributed by atoms with Gasteiger partial charge in [0.05, 0.1) is 10.7 Å². The topological polar surface area (TPSA) is 58.2 Å². The van der Waals surface area contributed by atoms with Gasteiger partial charge in [0.25, 0.3) is 0 Å². The van der Waals surface area contributed by atoms with E-state index in [4.69, 9.17) is 11.6 Å². The van der Waals surface area contributed by atoms with Gasteiger partial charge in [0.15, 0.2) is 0 Å². The average Bonchev–Trinajstić information content (AvgIpc) is 2.31. The van der Waals surface area contributed by atoms with Gasteiger partial charge in [-0.05, 0) is 12.1 Å². The molecule has 0 unspecified atom stereocenters. The molecule has 0 fully saturated rings. The molecule has 0 heterocycles. The molecule has 0 aliphatic rings. The quantitative estimate of drug-likeness (QED) is 0.892. The first kappa shape index (κ1) is 15.5. The van der Waals surface area contributed by atoms with E-state index in [-0.39, 0.29) is 18.2 Å². The van der Waals surface area contributed by atoms with Crippen LogP contribution in [0.15, 0.2) is 24.3 Å². The lowest BCUT2D eigenvalue weighted by Crippen LogP contribution is -2.36. The molecule has 0 aromatic heterocycles. The minimum absolute atomic E-state index is 0.0713. The molecule has 5 heteroatoms. The number of carbonyl (C=O) groups is 2. The van der Waals surface area contributed by atoms with Crippen LogP contribution in [0.3, 0.4) is 0 Å². The van der Waals surface area contributed by atoms with E-state index in [1.54, 1.807) is 24.3 Å². The molecule has 1 aromatic rings. The van der Waals surface area contributed by atoms with Crippen LogP contribution < -0.4 is 10.6 Å². The lowest BCUT2D eigenvalue weighted by Gasteiger charge is -2.17. The van der Waals surface area contributed by atoms with Crippen LogP contribution in [0.1, 0.15) is 27.2 Å². The Bertz CT molecular complexity index is 467. The Labute approximate surface area is 118 Å². The molecule has 0 spiro atoms. The summed E-state index contributed by atoms with van der Waals surface area (Å²) in [6.45, 7) is 5.79. The molecule has 0 atom stereocenters. The fraction of sp³-hybridized carbons (Fsp3) is 0.429. The first-order valence-corrected chi connectivity index (χ1v) is 6.51. The Hall–Kier alpha value is -1.55. The molecule has 104 valence electrons. The highest BCUT2D eigenvalue weighted by Crippen LogP contribution is 2.20. The first-order valence-electron chi connectivity index (χ1n) is 6.13. The molecule has 4 nitrogen and oxygen atoms in total. The Morgan fingerprint density at radius 1 is 1.21 bits per heavy atom. The zero-order valence-corrected chi connectivity index (χ0v) is 12.2. The summed E-state index contributed by atoms with van der Waals surface area (Å²) >= 11 is 5.93. The number of nitrogens with one attached hydrogen (secondary N) is 2. The van der Waals surface area contributed by atoms with Crippen molar-refractivity contribution in [1.82, 2.24) is 5.32 Å². The molecular formula is C14H19ClN2O2. The monoisotopic (exact) mass is 282 g/mol. The molecule has 0 aliphatic heterocycles. The Morgan fingerprint density at radius 2 is 1.84 bits per heavy atom. The number of halogens is 1. The van der Waals surface area contributed by atoms with Gasteiger partial charge in [-0.2, -0.15) is 0 Å². The van der Waals surface area contributed by atoms with Crippen LogP contribution in [0.4, 0.5) is 5.69 Å². The van der Waals surface area contributed by atoms with E-state index in [9.17, 15) is 9.59 Å². The van der Waals surface area contributed by atoms with Crippen molar-refractivity contribution in [1.29, 1.82) is 0 Å². The van der Waals surface area contributed by atoms with Crippen LogP contribution in [0.5, 0.6) is 0 Å². The minimum atomic E-state index is -0.445.